The number of likely N-dealkylation sites (tertiary alicyclic amines) is 1. The molecule has 2 aliphatic heterocycles. The quantitative estimate of drug-likeness (QED) is 0.370. The van der Waals surface area contributed by atoms with Crippen LogP contribution in [0.1, 0.15) is 52.4 Å². The van der Waals surface area contributed by atoms with E-state index < -0.39 is 54.7 Å². The molecule has 12 heteroatoms. The van der Waals surface area contributed by atoms with Gasteiger partial charge in [-0.2, -0.15) is 0 Å². The smallest absolute Gasteiger partial charge is 0.383 e. The van der Waals surface area contributed by atoms with Crippen LogP contribution in [0.15, 0.2) is 0 Å². The Balaban J connectivity index is 1.48. The molecule has 3 aliphatic carbocycles. The van der Waals surface area contributed by atoms with E-state index in [0.717, 1.165) is 12.8 Å². The third-order valence-electron chi connectivity index (χ3n) is 8.51. The van der Waals surface area contributed by atoms with Gasteiger partial charge in [-0.15, -0.1) is 13.2 Å². The first kappa shape index (κ1) is 27.8. The monoisotopic (exact) mass is 531 g/mol. The van der Waals surface area contributed by atoms with Crippen LogP contribution in [0.2, 0.25) is 0 Å². The van der Waals surface area contributed by atoms with Crippen molar-refractivity contribution < 1.29 is 42.2 Å². The fraction of sp³-hybridized carbons (Fsp3) is 0.840. The highest BCUT2D eigenvalue weighted by atomic mass is 19.4. The van der Waals surface area contributed by atoms with Crippen molar-refractivity contribution in [2.75, 3.05) is 19.7 Å². The van der Waals surface area contributed by atoms with Crippen molar-refractivity contribution in [2.45, 2.75) is 76.9 Å². The number of aliphatic hydroxyl groups is 1. The van der Waals surface area contributed by atoms with E-state index in [4.69, 9.17) is 0 Å². The highest BCUT2D eigenvalue weighted by Crippen LogP contribution is 2.63. The van der Waals surface area contributed by atoms with Gasteiger partial charge in [0, 0.05) is 19.0 Å². The predicted octanol–water partition coefficient (Wildman–Crippen LogP) is 1.38. The average molecular weight is 532 g/mol. The van der Waals surface area contributed by atoms with Crippen molar-refractivity contribution >= 4 is 23.5 Å². The molecule has 3 amide bonds. The van der Waals surface area contributed by atoms with Gasteiger partial charge in [-0.3, -0.25) is 23.9 Å². The van der Waals surface area contributed by atoms with Gasteiger partial charge in [0.1, 0.15) is 18.8 Å². The number of carbonyl (C=O) groups is 4. The summed E-state index contributed by atoms with van der Waals surface area (Å²) in [5.41, 5.74) is 0. The van der Waals surface area contributed by atoms with Crippen LogP contribution in [-0.4, -0.2) is 77.8 Å². The van der Waals surface area contributed by atoms with Crippen LogP contribution in [0.3, 0.4) is 0 Å². The van der Waals surface area contributed by atoms with Gasteiger partial charge in [-0.05, 0) is 68.1 Å². The number of halogens is 3. The number of rotatable bonds is 11. The van der Waals surface area contributed by atoms with Crippen LogP contribution < -0.4 is 10.6 Å². The fourth-order valence-electron chi connectivity index (χ4n) is 6.43. The lowest BCUT2D eigenvalue weighted by molar-refractivity contribution is -0.321. The first-order valence-corrected chi connectivity index (χ1v) is 13.1. The van der Waals surface area contributed by atoms with Crippen molar-refractivity contribution in [2.24, 2.45) is 35.5 Å². The van der Waals surface area contributed by atoms with E-state index in [1.165, 1.54) is 4.90 Å². The molecule has 2 bridgehead atoms. The largest absolute Gasteiger partial charge is 0.522 e. The molecule has 208 valence electrons. The molecule has 5 aliphatic rings. The maximum Gasteiger partial charge on any atom is 0.522 e. The normalized spacial score (nSPS) is 32.4. The molecule has 37 heavy (non-hydrogen) atoms. The Morgan fingerprint density at radius 3 is 2.35 bits per heavy atom. The third-order valence-corrected chi connectivity index (χ3v) is 8.51. The number of ketones is 1. The summed E-state index contributed by atoms with van der Waals surface area (Å²) in [4.78, 5) is 52.7. The van der Waals surface area contributed by atoms with Crippen molar-refractivity contribution in [1.82, 2.24) is 15.5 Å². The summed E-state index contributed by atoms with van der Waals surface area (Å²) in [5.74, 6) is -1.44. The summed E-state index contributed by atoms with van der Waals surface area (Å²) >= 11 is 0. The van der Waals surface area contributed by atoms with Crippen LogP contribution in [0.4, 0.5) is 13.2 Å². The zero-order valence-electron chi connectivity index (χ0n) is 21.1. The number of ether oxygens (including phenoxy) is 1. The Morgan fingerprint density at radius 2 is 1.84 bits per heavy atom. The number of nitrogens with one attached hydrogen (secondary N) is 2. The zero-order chi connectivity index (χ0) is 27.1. The summed E-state index contributed by atoms with van der Waals surface area (Å²) in [7, 11) is 0. The molecule has 2 saturated heterocycles. The molecule has 0 aromatic carbocycles. The van der Waals surface area contributed by atoms with Gasteiger partial charge in [-0.1, -0.05) is 13.8 Å². The number of aliphatic hydroxyl groups excluding tert-OH is 1. The Labute approximate surface area is 213 Å². The van der Waals surface area contributed by atoms with E-state index in [9.17, 15) is 37.5 Å². The molecule has 2 heterocycles. The fourth-order valence-corrected chi connectivity index (χ4v) is 6.43. The minimum Gasteiger partial charge on any atom is -0.383 e. The van der Waals surface area contributed by atoms with Gasteiger partial charge in [0.15, 0.2) is 5.78 Å². The molecule has 5 atom stereocenters. The van der Waals surface area contributed by atoms with Crippen molar-refractivity contribution in [3.05, 3.63) is 0 Å². The summed E-state index contributed by atoms with van der Waals surface area (Å²) < 4.78 is 41.4. The van der Waals surface area contributed by atoms with Crippen molar-refractivity contribution in [3.8, 4) is 0 Å². The maximum atomic E-state index is 13.4. The second kappa shape index (κ2) is 10.9. The molecule has 9 nitrogen and oxygen atoms in total. The van der Waals surface area contributed by atoms with Crippen LogP contribution in [-0.2, 0) is 23.9 Å². The topological polar surface area (TPSA) is 125 Å². The second-order valence-corrected chi connectivity index (χ2v) is 11.5. The number of carbonyl (C=O) groups excluding carboxylic acids is 4. The Kier molecular flexibility index (Phi) is 8.18. The third kappa shape index (κ3) is 6.27. The Hall–Kier alpha value is -2.21. The van der Waals surface area contributed by atoms with E-state index in [2.05, 4.69) is 15.4 Å². The summed E-state index contributed by atoms with van der Waals surface area (Å²) in [6.07, 6.45) is -3.16. The lowest BCUT2D eigenvalue weighted by Gasteiger charge is -2.60. The van der Waals surface area contributed by atoms with Crippen LogP contribution in [0.25, 0.3) is 0 Å². The highest BCUT2D eigenvalue weighted by molar-refractivity contribution is 5.94. The molecule has 3 saturated carbocycles. The molecule has 1 unspecified atom stereocenters. The molecule has 0 aromatic rings. The van der Waals surface area contributed by atoms with E-state index in [-0.39, 0.29) is 30.6 Å². The molecule has 5 fully saturated rings. The second-order valence-electron chi connectivity index (χ2n) is 11.5. The average Bonchev–Trinajstić information content (AvgIpc) is 3.33. The van der Waals surface area contributed by atoms with E-state index in [1.54, 1.807) is 0 Å². The van der Waals surface area contributed by atoms with Gasteiger partial charge in [0.2, 0.25) is 11.8 Å². The van der Waals surface area contributed by atoms with Crippen molar-refractivity contribution in [1.29, 1.82) is 0 Å². The van der Waals surface area contributed by atoms with Gasteiger partial charge >= 0.3 is 6.36 Å². The highest BCUT2D eigenvalue weighted by Gasteiger charge is 2.58. The number of hydrogen-bond acceptors (Lipinski definition) is 6. The lowest BCUT2D eigenvalue weighted by Crippen LogP contribution is -2.54. The standard InChI is InChI=1S/C25H36F3N3O6/c1-12(2)5-19(32)24(36)31-10-16(21-14-6-15(21)7-14)9-18(31)23(35)30-17(8-13-3-4-29-22(13)34)20(33)11-37-25(26,27)28/h12-19,21,32H,3-11H2,1-2H3,(H,29,34)(H,30,35)/t13-,14?,15?,16?,17-,18-,19+,21?/m0/s1. The molecule has 0 spiro atoms. The molecule has 5 rings (SSSR count). The van der Waals surface area contributed by atoms with Gasteiger partial charge in [-0.25, -0.2) is 0 Å². The minimum atomic E-state index is -5.02. The minimum absolute atomic E-state index is 0.0529. The zero-order valence-corrected chi connectivity index (χ0v) is 21.1. The van der Waals surface area contributed by atoms with E-state index >= 15 is 0 Å². The predicted molar refractivity (Wildman–Crippen MR) is 123 cm³/mol. The van der Waals surface area contributed by atoms with Crippen LogP contribution in [0, 0.1) is 35.5 Å². The lowest BCUT2D eigenvalue weighted by atomic mass is 9.44. The number of nitrogens with zero attached hydrogens (tertiary/aromatic N) is 1. The van der Waals surface area contributed by atoms with Gasteiger partial charge < -0.3 is 20.6 Å². The summed E-state index contributed by atoms with van der Waals surface area (Å²) in [6, 6.07) is -2.33. The van der Waals surface area contributed by atoms with Crippen molar-refractivity contribution in [3.63, 3.8) is 0 Å². The summed E-state index contributed by atoms with van der Waals surface area (Å²) in [6.45, 7) is 3.14. The molecule has 0 radical (unpaired) electrons. The first-order chi connectivity index (χ1) is 17.3. The van der Waals surface area contributed by atoms with E-state index in [0.29, 0.717) is 43.7 Å². The molecule has 0 aromatic heterocycles. The Morgan fingerprint density at radius 1 is 1.16 bits per heavy atom. The van der Waals surface area contributed by atoms with Gasteiger partial charge in [0.05, 0.1) is 6.04 Å². The molecular weight excluding hydrogens is 495 g/mol. The first-order valence-electron chi connectivity index (χ1n) is 13.1. The molecular formula is C25H36F3N3O6. The number of amides is 3. The number of hydrogen-bond donors (Lipinski definition) is 3. The van der Waals surface area contributed by atoms with Gasteiger partial charge in [0.25, 0.3) is 5.91 Å². The Bertz CT molecular complexity index is 899. The van der Waals surface area contributed by atoms with E-state index in [1.807, 2.05) is 13.8 Å². The number of alkyl halides is 3. The van der Waals surface area contributed by atoms with Crippen LogP contribution >= 0.6 is 0 Å². The summed E-state index contributed by atoms with van der Waals surface area (Å²) in [5, 5.41) is 15.6. The van der Waals surface area contributed by atoms with Crippen LogP contribution in [0.5, 0.6) is 0 Å². The number of Topliss-reactive ketones (excluding diaryl/α,β-unsaturated/α-hetero) is 1. The SMILES string of the molecule is CC(C)C[C@@H](O)C(=O)N1CC(C2C3CC2C3)C[C@H]1C(=O)N[C@@H](C[C@@H]1CCNC1=O)C(=O)COC(F)(F)F. The maximum absolute atomic E-state index is 13.4. The molecule has 3 N–H and O–H groups in total.